The number of hydrogen-bond donors (Lipinski definition) is 1. The number of esters is 2. The van der Waals surface area contributed by atoms with Gasteiger partial charge in [-0.05, 0) is 79.4 Å². The highest BCUT2D eigenvalue weighted by molar-refractivity contribution is 9.10. The molecule has 0 spiro atoms. The predicted molar refractivity (Wildman–Crippen MR) is 169 cm³/mol. The fourth-order valence-corrected chi connectivity index (χ4v) is 8.23. The number of nitrogens with zero attached hydrogens (tertiary/aromatic N) is 1. The SMILES string of the molecule is COC(=O)c1sc(-c2cccc(NC3CCN(S(=O)(=O)c4ccccc4OC(F)(F)F)CC3)c2)c(Br)c1OCC(=O)OC(C)(C)C. The molecule has 1 aliphatic rings. The maximum Gasteiger partial charge on any atom is 0.573 e. The molecule has 2 aromatic carbocycles. The summed E-state index contributed by atoms with van der Waals surface area (Å²) in [6.45, 7) is 4.93. The van der Waals surface area contributed by atoms with Crippen molar-refractivity contribution in [3.05, 3.63) is 57.9 Å². The van der Waals surface area contributed by atoms with E-state index in [9.17, 15) is 31.2 Å². The number of nitrogens with one attached hydrogen (secondary N) is 1. The van der Waals surface area contributed by atoms with Crippen LogP contribution in [0.5, 0.6) is 11.5 Å². The summed E-state index contributed by atoms with van der Waals surface area (Å²) in [5.41, 5.74) is 0.733. The number of sulfonamides is 1. The Kier molecular flexibility index (Phi) is 11.0. The van der Waals surface area contributed by atoms with Gasteiger partial charge in [-0.15, -0.1) is 24.5 Å². The number of thiophene rings is 1. The van der Waals surface area contributed by atoms with Crippen LogP contribution in [0.1, 0.15) is 43.3 Å². The van der Waals surface area contributed by atoms with Crippen LogP contribution in [0.4, 0.5) is 18.9 Å². The summed E-state index contributed by atoms with van der Waals surface area (Å²) in [6, 6.07) is 11.9. The molecule has 0 amide bonds. The highest BCUT2D eigenvalue weighted by Crippen LogP contribution is 2.46. The van der Waals surface area contributed by atoms with Crippen LogP contribution in [0.25, 0.3) is 10.4 Å². The minimum absolute atomic E-state index is 0.0807. The summed E-state index contributed by atoms with van der Waals surface area (Å²) in [7, 11) is -3.00. The fourth-order valence-electron chi connectivity index (χ4n) is 4.68. The van der Waals surface area contributed by atoms with E-state index in [0.29, 0.717) is 22.2 Å². The number of methoxy groups -OCH3 is 1. The van der Waals surface area contributed by atoms with Crippen molar-refractivity contribution in [2.24, 2.45) is 0 Å². The number of carbonyl (C=O) groups excluding carboxylic acids is 2. The summed E-state index contributed by atoms with van der Waals surface area (Å²) < 4.78 is 86.5. The lowest BCUT2D eigenvalue weighted by molar-refractivity contribution is -0.275. The van der Waals surface area contributed by atoms with Crippen LogP contribution in [0, 0.1) is 0 Å². The molecule has 2 heterocycles. The zero-order valence-corrected chi connectivity index (χ0v) is 28.5. The zero-order chi connectivity index (χ0) is 33.9. The number of ether oxygens (including phenoxy) is 4. The van der Waals surface area contributed by atoms with E-state index in [0.717, 1.165) is 39.0 Å². The summed E-state index contributed by atoms with van der Waals surface area (Å²) in [5, 5.41) is 3.39. The maximum atomic E-state index is 13.2. The summed E-state index contributed by atoms with van der Waals surface area (Å²) in [6.07, 6.45) is -4.25. The van der Waals surface area contributed by atoms with Gasteiger partial charge in [0, 0.05) is 24.8 Å². The van der Waals surface area contributed by atoms with Gasteiger partial charge in [-0.2, -0.15) is 4.31 Å². The number of anilines is 1. The lowest BCUT2D eigenvalue weighted by Crippen LogP contribution is -2.42. The van der Waals surface area contributed by atoms with Gasteiger partial charge in [-0.3, -0.25) is 0 Å². The van der Waals surface area contributed by atoms with Gasteiger partial charge in [0.2, 0.25) is 10.0 Å². The van der Waals surface area contributed by atoms with Gasteiger partial charge in [0.1, 0.15) is 16.2 Å². The Hall–Kier alpha value is -3.34. The molecule has 46 heavy (non-hydrogen) atoms. The van der Waals surface area contributed by atoms with Gasteiger partial charge in [-0.25, -0.2) is 18.0 Å². The van der Waals surface area contributed by atoms with Crippen molar-refractivity contribution in [1.29, 1.82) is 0 Å². The Morgan fingerprint density at radius 2 is 1.74 bits per heavy atom. The minimum Gasteiger partial charge on any atom is -0.479 e. The fraction of sp³-hybridized carbons (Fsp3) is 0.400. The van der Waals surface area contributed by atoms with Gasteiger partial charge in [0.05, 0.1) is 16.5 Å². The van der Waals surface area contributed by atoms with Crippen LogP contribution >= 0.6 is 27.3 Å². The van der Waals surface area contributed by atoms with Crippen LogP contribution in [0.3, 0.4) is 0 Å². The highest BCUT2D eigenvalue weighted by Gasteiger charge is 2.37. The molecule has 250 valence electrons. The first-order chi connectivity index (χ1) is 21.5. The zero-order valence-electron chi connectivity index (χ0n) is 25.3. The van der Waals surface area contributed by atoms with E-state index in [1.54, 1.807) is 26.8 Å². The van der Waals surface area contributed by atoms with Crippen molar-refractivity contribution in [3.63, 3.8) is 0 Å². The molecule has 1 saturated heterocycles. The number of piperidine rings is 1. The molecule has 10 nitrogen and oxygen atoms in total. The Labute approximate surface area is 277 Å². The maximum absolute atomic E-state index is 13.2. The molecular weight excluding hydrogens is 717 g/mol. The summed E-state index contributed by atoms with van der Waals surface area (Å²) in [4.78, 5) is 25.1. The second kappa shape index (κ2) is 14.2. The second-order valence-corrected chi connectivity index (χ2v) is 14.9. The smallest absolute Gasteiger partial charge is 0.479 e. The molecule has 0 aliphatic carbocycles. The molecular formula is C30H32BrF3N2O8S2. The number of carbonyl (C=O) groups is 2. The molecule has 1 aliphatic heterocycles. The molecule has 1 aromatic heterocycles. The van der Waals surface area contributed by atoms with E-state index in [1.165, 1.54) is 19.2 Å². The van der Waals surface area contributed by atoms with Crippen LogP contribution < -0.4 is 14.8 Å². The number of rotatable bonds is 10. The Balaban J connectivity index is 1.47. The van der Waals surface area contributed by atoms with E-state index in [4.69, 9.17) is 14.2 Å². The molecule has 3 aromatic rings. The van der Waals surface area contributed by atoms with Crippen molar-refractivity contribution in [1.82, 2.24) is 4.31 Å². The van der Waals surface area contributed by atoms with Gasteiger partial charge in [0.25, 0.3) is 0 Å². The lowest BCUT2D eigenvalue weighted by Gasteiger charge is -2.32. The molecule has 0 radical (unpaired) electrons. The third-order valence-corrected chi connectivity index (χ3v) is 10.7. The lowest BCUT2D eigenvalue weighted by atomic mass is 10.1. The molecule has 0 saturated carbocycles. The second-order valence-electron chi connectivity index (χ2n) is 11.2. The largest absolute Gasteiger partial charge is 0.573 e. The van der Waals surface area contributed by atoms with Crippen molar-refractivity contribution in [2.45, 2.75) is 56.5 Å². The number of para-hydroxylation sites is 1. The summed E-state index contributed by atoms with van der Waals surface area (Å²) >= 11 is 4.62. The number of hydrogen-bond acceptors (Lipinski definition) is 10. The monoisotopic (exact) mass is 748 g/mol. The normalized spacial score (nSPS) is 14.9. The topological polar surface area (TPSA) is 120 Å². The Morgan fingerprint density at radius 3 is 2.37 bits per heavy atom. The number of alkyl halides is 3. The van der Waals surface area contributed by atoms with Gasteiger partial charge < -0.3 is 24.3 Å². The van der Waals surface area contributed by atoms with E-state index in [2.05, 4.69) is 26.0 Å². The van der Waals surface area contributed by atoms with Gasteiger partial charge >= 0.3 is 18.3 Å². The van der Waals surface area contributed by atoms with E-state index >= 15 is 0 Å². The highest BCUT2D eigenvalue weighted by atomic mass is 79.9. The molecule has 1 fully saturated rings. The Morgan fingerprint density at radius 1 is 1.07 bits per heavy atom. The van der Waals surface area contributed by atoms with Crippen molar-refractivity contribution >= 4 is 54.9 Å². The molecule has 1 N–H and O–H groups in total. The van der Waals surface area contributed by atoms with Crippen molar-refractivity contribution < 1.29 is 50.1 Å². The standard InChI is InChI=1S/C30H32BrF3N2O8S2/c1-29(2,3)44-23(37)17-42-25-24(31)26(45-27(25)28(38)41-4)18-8-7-9-20(16-18)35-19-12-14-36(15-13-19)46(39,40)22-11-6-5-10-21(22)43-30(32,33)34/h5-11,16,19,35H,12-15,17H2,1-4H3. The van der Waals surface area contributed by atoms with E-state index < -0.39 is 51.2 Å². The van der Waals surface area contributed by atoms with Crippen LogP contribution in [-0.2, 0) is 24.3 Å². The van der Waals surface area contributed by atoms with Crippen molar-refractivity contribution in [2.75, 3.05) is 32.1 Å². The van der Waals surface area contributed by atoms with Gasteiger partial charge in [0.15, 0.2) is 17.2 Å². The van der Waals surface area contributed by atoms with Crippen molar-refractivity contribution in [3.8, 4) is 21.9 Å². The van der Waals surface area contributed by atoms with E-state index in [-0.39, 0.29) is 29.8 Å². The number of benzene rings is 2. The summed E-state index contributed by atoms with van der Waals surface area (Å²) in [5.74, 6) is -1.88. The first-order valence-corrected chi connectivity index (χ1v) is 17.0. The molecule has 16 heteroatoms. The first-order valence-electron chi connectivity index (χ1n) is 14.0. The predicted octanol–water partition coefficient (Wildman–Crippen LogP) is 6.85. The van der Waals surface area contributed by atoms with Crippen LogP contribution in [0.15, 0.2) is 57.9 Å². The first kappa shape index (κ1) is 35.5. The third kappa shape index (κ3) is 8.92. The van der Waals surface area contributed by atoms with Gasteiger partial charge in [-0.1, -0.05) is 24.3 Å². The average Bonchev–Trinajstić information content (AvgIpc) is 3.30. The average molecular weight is 750 g/mol. The quantitative estimate of drug-likeness (QED) is 0.222. The third-order valence-electron chi connectivity index (χ3n) is 6.58. The molecule has 0 unspecified atom stereocenters. The van der Waals surface area contributed by atoms with Crippen LogP contribution in [-0.4, -0.2) is 69.5 Å². The molecule has 4 rings (SSSR count). The Bertz CT molecular complexity index is 1680. The van der Waals surface area contributed by atoms with Crippen LogP contribution in [0.2, 0.25) is 0 Å². The number of halogens is 4. The molecule has 0 bridgehead atoms. The molecule has 0 atom stereocenters. The van der Waals surface area contributed by atoms with E-state index in [1.807, 2.05) is 18.2 Å². The minimum atomic E-state index is -5.04.